The van der Waals surface area contributed by atoms with Crippen LogP contribution in [-0.4, -0.2) is 34.5 Å². The average Bonchev–Trinajstić information content (AvgIpc) is 2.67. The van der Waals surface area contributed by atoms with E-state index in [9.17, 15) is 4.79 Å². The zero-order chi connectivity index (χ0) is 11.7. The molecule has 4 nitrogen and oxygen atoms in total. The molecular formula is C12H19N3O. The molecule has 0 radical (unpaired) electrons. The number of aryl methyl sites for hydroxylation is 1. The number of carbonyl (C=O) groups is 1. The van der Waals surface area contributed by atoms with Crippen molar-refractivity contribution in [2.24, 2.45) is 18.7 Å². The quantitative estimate of drug-likeness (QED) is 0.764. The van der Waals surface area contributed by atoms with E-state index in [2.05, 4.69) is 6.92 Å². The molecule has 1 aliphatic heterocycles. The summed E-state index contributed by atoms with van der Waals surface area (Å²) in [5.41, 5.74) is 6.73. The van der Waals surface area contributed by atoms with Crippen molar-refractivity contribution in [2.45, 2.75) is 19.4 Å². The summed E-state index contributed by atoms with van der Waals surface area (Å²) >= 11 is 0. The fourth-order valence-corrected chi connectivity index (χ4v) is 2.13. The largest absolute Gasteiger partial charge is 0.347 e. The summed E-state index contributed by atoms with van der Waals surface area (Å²) in [6, 6.07) is 3.85. The molecule has 2 atom stereocenters. The third-order valence-electron chi connectivity index (χ3n) is 3.47. The molecular weight excluding hydrogens is 202 g/mol. The Bertz CT molecular complexity index is 385. The zero-order valence-corrected chi connectivity index (χ0v) is 9.89. The van der Waals surface area contributed by atoms with Crippen LogP contribution in [0.1, 0.15) is 23.8 Å². The minimum absolute atomic E-state index is 0.0925. The van der Waals surface area contributed by atoms with Gasteiger partial charge in [-0.2, -0.15) is 0 Å². The van der Waals surface area contributed by atoms with Gasteiger partial charge in [-0.05, 0) is 24.5 Å². The van der Waals surface area contributed by atoms with E-state index in [0.29, 0.717) is 12.5 Å². The highest BCUT2D eigenvalue weighted by Gasteiger charge is 2.27. The first kappa shape index (κ1) is 11.2. The minimum Gasteiger partial charge on any atom is -0.347 e. The van der Waals surface area contributed by atoms with Crippen molar-refractivity contribution >= 4 is 5.91 Å². The first-order valence-corrected chi connectivity index (χ1v) is 5.76. The van der Waals surface area contributed by atoms with E-state index in [4.69, 9.17) is 5.73 Å². The van der Waals surface area contributed by atoms with Crippen LogP contribution >= 0.6 is 0 Å². The Morgan fingerprint density at radius 1 is 1.56 bits per heavy atom. The lowest BCUT2D eigenvalue weighted by atomic mass is 9.94. The van der Waals surface area contributed by atoms with E-state index in [0.717, 1.165) is 18.7 Å². The fraction of sp³-hybridized carbons (Fsp3) is 0.583. The van der Waals surface area contributed by atoms with Gasteiger partial charge in [0, 0.05) is 32.4 Å². The maximum absolute atomic E-state index is 12.2. The number of rotatable bonds is 1. The Balaban J connectivity index is 2.09. The Kier molecular flexibility index (Phi) is 3.01. The van der Waals surface area contributed by atoms with Gasteiger partial charge in [0.1, 0.15) is 5.69 Å². The lowest BCUT2D eigenvalue weighted by molar-refractivity contribution is 0.0663. The third kappa shape index (κ3) is 1.97. The number of carbonyl (C=O) groups excluding carboxylic acids is 1. The van der Waals surface area contributed by atoms with E-state index in [1.165, 1.54) is 0 Å². The second-order valence-corrected chi connectivity index (χ2v) is 4.69. The highest BCUT2D eigenvalue weighted by Crippen LogP contribution is 2.17. The van der Waals surface area contributed by atoms with Gasteiger partial charge in [-0.25, -0.2) is 0 Å². The second kappa shape index (κ2) is 4.29. The number of nitrogens with zero attached hydrogens (tertiary/aromatic N) is 2. The van der Waals surface area contributed by atoms with Crippen molar-refractivity contribution in [1.29, 1.82) is 0 Å². The van der Waals surface area contributed by atoms with Crippen molar-refractivity contribution < 1.29 is 4.79 Å². The summed E-state index contributed by atoms with van der Waals surface area (Å²) in [6.45, 7) is 3.64. The summed E-state index contributed by atoms with van der Waals surface area (Å²) in [6.07, 6.45) is 2.89. The zero-order valence-electron chi connectivity index (χ0n) is 9.89. The number of nitrogens with two attached hydrogens (primary N) is 1. The molecule has 4 heteroatoms. The second-order valence-electron chi connectivity index (χ2n) is 4.69. The van der Waals surface area contributed by atoms with E-state index < -0.39 is 0 Å². The molecule has 0 bridgehead atoms. The maximum Gasteiger partial charge on any atom is 0.270 e. The monoisotopic (exact) mass is 221 g/mol. The highest BCUT2D eigenvalue weighted by atomic mass is 16.2. The summed E-state index contributed by atoms with van der Waals surface area (Å²) in [7, 11) is 1.89. The van der Waals surface area contributed by atoms with Crippen molar-refractivity contribution in [3.63, 3.8) is 0 Å². The highest BCUT2D eigenvalue weighted by molar-refractivity contribution is 5.92. The van der Waals surface area contributed by atoms with Crippen LogP contribution in [0.3, 0.4) is 0 Å². The Morgan fingerprint density at radius 3 is 2.88 bits per heavy atom. The van der Waals surface area contributed by atoms with Crippen LogP contribution in [-0.2, 0) is 7.05 Å². The molecule has 2 unspecified atom stereocenters. The molecule has 1 fully saturated rings. The number of aromatic nitrogens is 1. The van der Waals surface area contributed by atoms with Crippen LogP contribution in [0.15, 0.2) is 18.3 Å². The first-order valence-electron chi connectivity index (χ1n) is 5.76. The molecule has 16 heavy (non-hydrogen) atoms. The predicted molar refractivity (Wildman–Crippen MR) is 63.1 cm³/mol. The lowest BCUT2D eigenvalue weighted by Crippen LogP contribution is -2.50. The first-order chi connectivity index (χ1) is 7.59. The maximum atomic E-state index is 12.2. The van der Waals surface area contributed by atoms with Gasteiger partial charge < -0.3 is 15.2 Å². The van der Waals surface area contributed by atoms with Crippen LogP contribution in [0.5, 0.6) is 0 Å². The molecule has 88 valence electrons. The standard InChI is InChI=1S/C12H19N3O/c1-9-5-7-15(8-10(9)13)12(16)11-4-3-6-14(11)2/h3-4,6,9-10H,5,7-8,13H2,1-2H3. The van der Waals surface area contributed by atoms with Crippen LogP contribution in [0.2, 0.25) is 0 Å². The van der Waals surface area contributed by atoms with Crippen LogP contribution in [0.4, 0.5) is 0 Å². The van der Waals surface area contributed by atoms with Gasteiger partial charge in [-0.3, -0.25) is 4.79 Å². The topological polar surface area (TPSA) is 51.3 Å². The van der Waals surface area contributed by atoms with E-state index in [1.807, 2.05) is 34.8 Å². The van der Waals surface area contributed by atoms with Crippen LogP contribution in [0, 0.1) is 5.92 Å². The smallest absolute Gasteiger partial charge is 0.270 e. The van der Waals surface area contributed by atoms with Crippen LogP contribution < -0.4 is 5.73 Å². The molecule has 1 aliphatic rings. The minimum atomic E-state index is 0.0925. The number of likely N-dealkylation sites (tertiary alicyclic amines) is 1. The van der Waals surface area contributed by atoms with Crippen LogP contribution in [0.25, 0.3) is 0 Å². The predicted octanol–water partition coefficient (Wildman–Crippen LogP) is 0.834. The number of amides is 1. The Morgan fingerprint density at radius 2 is 2.31 bits per heavy atom. The van der Waals surface area contributed by atoms with Gasteiger partial charge in [0.25, 0.3) is 5.91 Å². The van der Waals surface area contributed by atoms with E-state index >= 15 is 0 Å². The fourth-order valence-electron chi connectivity index (χ4n) is 2.13. The summed E-state index contributed by atoms with van der Waals surface area (Å²) in [5.74, 6) is 0.604. The molecule has 1 amide bonds. The normalized spacial score (nSPS) is 25.8. The van der Waals surface area contributed by atoms with E-state index in [-0.39, 0.29) is 11.9 Å². The van der Waals surface area contributed by atoms with Crippen molar-refractivity contribution in [1.82, 2.24) is 9.47 Å². The SMILES string of the molecule is CC1CCN(C(=O)c2cccn2C)CC1N. The van der Waals surface area contributed by atoms with Crippen molar-refractivity contribution in [3.8, 4) is 0 Å². The van der Waals surface area contributed by atoms with Crippen molar-refractivity contribution in [3.05, 3.63) is 24.0 Å². The Hall–Kier alpha value is -1.29. The van der Waals surface area contributed by atoms with Gasteiger partial charge in [0.05, 0.1) is 0 Å². The Labute approximate surface area is 96.0 Å². The molecule has 0 aromatic carbocycles. The van der Waals surface area contributed by atoms with Gasteiger partial charge in [0.2, 0.25) is 0 Å². The van der Waals surface area contributed by atoms with Gasteiger partial charge in [-0.15, -0.1) is 0 Å². The molecule has 2 heterocycles. The summed E-state index contributed by atoms with van der Waals surface area (Å²) < 4.78 is 1.85. The van der Waals surface area contributed by atoms with Gasteiger partial charge in [-0.1, -0.05) is 6.92 Å². The average molecular weight is 221 g/mol. The van der Waals surface area contributed by atoms with Crippen molar-refractivity contribution in [2.75, 3.05) is 13.1 Å². The number of hydrogen-bond donors (Lipinski definition) is 1. The molecule has 1 saturated heterocycles. The molecule has 2 rings (SSSR count). The molecule has 0 spiro atoms. The molecule has 1 aromatic rings. The van der Waals surface area contributed by atoms with E-state index in [1.54, 1.807) is 0 Å². The molecule has 0 saturated carbocycles. The molecule has 1 aromatic heterocycles. The molecule has 0 aliphatic carbocycles. The van der Waals surface area contributed by atoms with Gasteiger partial charge >= 0.3 is 0 Å². The summed E-state index contributed by atoms with van der Waals surface area (Å²) in [4.78, 5) is 14.0. The molecule has 2 N–H and O–H groups in total. The lowest BCUT2D eigenvalue weighted by Gasteiger charge is -2.35. The number of hydrogen-bond acceptors (Lipinski definition) is 2. The number of piperidine rings is 1. The third-order valence-corrected chi connectivity index (χ3v) is 3.47. The van der Waals surface area contributed by atoms with Gasteiger partial charge in [0.15, 0.2) is 0 Å². The summed E-state index contributed by atoms with van der Waals surface area (Å²) in [5, 5.41) is 0.